The average Bonchev–Trinajstić information content (AvgIpc) is 3.34. The van der Waals surface area contributed by atoms with Gasteiger partial charge in [-0.1, -0.05) is 72.1 Å². The molecule has 3 saturated carbocycles. The fourth-order valence-corrected chi connectivity index (χ4v) is 9.99. The predicted molar refractivity (Wildman–Crippen MR) is 173 cm³/mol. The van der Waals surface area contributed by atoms with Crippen molar-refractivity contribution in [3.8, 4) is 5.75 Å². The summed E-state index contributed by atoms with van der Waals surface area (Å²) >= 11 is 0. The van der Waals surface area contributed by atoms with Crippen LogP contribution in [-0.4, -0.2) is 25.2 Å². The average molecular weight is 592 g/mol. The van der Waals surface area contributed by atoms with Gasteiger partial charge in [0, 0.05) is 6.42 Å². The summed E-state index contributed by atoms with van der Waals surface area (Å²) in [7, 11) is 0. The molecule has 4 aliphatic carbocycles. The molecule has 5 rings (SSSR count). The first-order valence-corrected chi connectivity index (χ1v) is 17.3. The third kappa shape index (κ3) is 6.87. The molecule has 1 N–H and O–H groups in total. The third-order valence-electron chi connectivity index (χ3n) is 12.3. The van der Waals surface area contributed by atoms with E-state index in [0.717, 1.165) is 54.8 Å². The van der Waals surface area contributed by atoms with Gasteiger partial charge in [-0.25, -0.2) is 4.79 Å². The summed E-state index contributed by atoms with van der Waals surface area (Å²) in [5, 5.41) is 0. The number of fused-ring (bicyclic) bond motifs is 5. The van der Waals surface area contributed by atoms with E-state index in [2.05, 4.69) is 52.8 Å². The highest BCUT2D eigenvalue weighted by Crippen LogP contribution is 2.67. The molecule has 238 valence electrons. The molecule has 7 unspecified atom stereocenters. The summed E-state index contributed by atoms with van der Waals surface area (Å²) in [5.74, 6) is 5.53. The number of hydroxylamine groups is 1. The molecule has 0 bridgehead atoms. The Balaban J connectivity index is 1.16. The molecule has 3 fully saturated rings. The number of benzene rings is 1. The van der Waals surface area contributed by atoms with E-state index in [9.17, 15) is 4.79 Å². The normalized spacial score (nSPS) is 33.9. The Morgan fingerprint density at radius 3 is 2.58 bits per heavy atom. The maximum Gasteiger partial charge on any atom is 0.338 e. The number of esters is 1. The van der Waals surface area contributed by atoms with Crippen LogP contribution in [0.5, 0.6) is 5.75 Å². The van der Waals surface area contributed by atoms with Gasteiger partial charge in [0.2, 0.25) is 0 Å². The Hall–Kier alpha value is -2.27. The summed E-state index contributed by atoms with van der Waals surface area (Å²) < 4.78 is 11.8. The first-order chi connectivity index (χ1) is 20.7. The van der Waals surface area contributed by atoms with Crippen LogP contribution in [-0.2, 0) is 9.57 Å². The molecule has 0 radical (unpaired) electrons. The van der Waals surface area contributed by atoms with Crippen molar-refractivity contribution in [3.05, 3.63) is 54.3 Å². The van der Waals surface area contributed by atoms with E-state index in [1.54, 1.807) is 17.7 Å². The van der Waals surface area contributed by atoms with Crippen molar-refractivity contribution >= 4 is 5.97 Å². The van der Waals surface area contributed by atoms with Crippen molar-refractivity contribution in [2.45, 2.75) is 111 Å². The second kappa shape index (κ2) is 13.8. The van der Waals surface area contributed by atoms with Crippen molar-refractivity contribution in [1.29, 1.82) is 0 Å². The van der Waals surface area contributed by atoms with E-state index in [4.69, 9.17) is 14.3 Å². The molecule has 0 amide bonds. The number of carbonyl (C=O) groups is 1. The van der Waals surface area contributed by atoms with Crippen LogP contribution in [0.25, 0.3) is 0 Å². The Labute approximate surface area is 261 Å². The minimum Gasteiger partial charge on any atom is -0.492 e. The first-order valence-electron chi connectivity index (χ1n) is 17.3. The fraction of sp³-hybridized carbons (Fsp3) is 0.711. The van der Waals surface area contributed by atoms with Crippen LogP contribution in [0.4, 0.5) is 0 Å². The molecule has 0 aromatic heterocycles. The van der Waals surface area contributed by atoms with E-state index in [0.29, 0.717) is 29.9 Å². The zero-order chi connectivity index (χ0) is 30.6. The highest BCUT2D eigenvalue weighted by Gasteiger charge is 2.59. The highest BCUT2D eigenvalue weighted by atomic mass is 16.6. The van der Waals surface area contributed by atoms with Crippen molar-refractivity contribution in [2.24, 2.45) is 46.3 Å². The van der Waals surface area contributed by atoms with E-state index in [-0.39, 0.29) is 17.5 Å². The third-order valence-corrected chi connectivity index (χ3v) is 12.3. The molecule has 5 heteroatoms. The van der Waals surface area contributed by atoms with Gasteiger partial charge in [0.15, 0.2) is 0 Å². The van der Waals surface area contributed by atoms with Crippen molar-refractivity contribution in [3.63, 3.8) is 0 Å². The zero-order valence-corrected chi connectivity index (χ0v) is 27.5. The number of ether oxygens (including phenoxy) is 2. The van der Waals surface area contributed by atoms with Crippen LogP contribution < -0.4 is 10.2 Å². The van der Waals surface area contributed by atoms with Crippen LogP contribution in [0.15, 0.2) is 48.8 Å². The van der Waals surface area contributed by atoms with E-state index in [1.807, 2.05) is 12.1 Å². The minimum atomic E-state index is -0.233. The number of allylic oxidation sites excluding steroid dienone is 1. The lowest BCUT2D eigenvalue weighted by Crippen LogP contribution is -2.51. The molecule has 0 aliphatic heterocycles. The SMILES string of the molecule is C=CONCCOc1ccc(C(=O)OC2CCC3(C)C(=CCC4C3CCC3(C)C4CC[C@@H]3C(C)CCCC(C)C)C2)cc1. The maximum atomic E-state index is 13.1. The summed E-state index contributed by atoms with van der Waals surface area (Å²) in [6.45, 7) is 17.0. The summed E-state index contributed by atoms with van der Waals surface area (Å²) in [6.07, 6.45) is 17.9. The van der Waals surface area contributed by atoms with E-state index >= 15 is 0 Å². The maximum absolute atomic E-state index is 13.1. The highest BCUT2D eigenvalue weighted by molar-refractivity contribution is 5.89. The Morgan fingerprint density at radius 1 is 1.05 bits per heavy atom. The van der Waals surface area contributed by atoms with Gasteiger partial charge in [-0.3, -0.25) is 0 Å². The second-order valence-corrected chi connectivity index (χ2v) is 15.1. The molecule has 4 aliphatic rings. The number of hydrogen-bond acceptors (Lipinski definition) is 5. The van der Waals surface area contributed by atoms with Crippen LogP contribution in [0, 0.1) is 46.3 Å². The largest absolute Gasteiger partial charge is 0.492 e. The van der Waals surface area contributed by atoms with Gasteiger partial charge >= 0.3 is 5.97 Å². The molecular weight excluding hydrogens is 534 g/mol. The van der Waals surface area contributed by atoms with Crippen molar-refractivity contribution in [1.82, 2.24) is 5.48 Å². The molecule has 5 nitrogen and oxygen atoms in total. The topological polar surface area (TPSA) is 56.8 Å². The van der Waals surface area contributed by atoms with E-state index in [1.165, 1.54) is 57.6 Å². The Bertz CT molecular complexity index is 1130. The van der Waals surface area contributed by atoms with Gasteiger partial charge in [0.05, 0.1) is 12.1 Å². The minimum absolute atomic E-state index is 0.0355. The molecule has 0 heterocycles. The van der Waals surface area contributed by atoms with Gasteiger partial charge in [-0.05, 0) is 116 Å². The van der Waals surface area contributed by atoms with E-state index < -0.39 is 0 Å². The van der Waals surface area contributed by atoms with Gasteiger partial charge in [0.25, 0.3) is 0 Å². The summed E-state index contributed by atoms with van der Waals surface area (Å²) in [6, 6.07) is 7.23. The van der Waals surface area contributed by atoms with Crippen molar-refractivity contribution in [2.75, 3.05) is 13.2 Å². The molecule has 8 atom stereocenters. The standard InChI is InChI=1S/C38H57NO4/c1-7-42-39-23-24-41-30-14-11-28(12-15-30)36(40)43-31-19-21-37(5)29(25-31)13-16-32-34-18-17-33(27(4)10-8-9-26(2)3)38(34,6)22-20-35(32)37/h7,11-15,26-27,31-35,39H,1,8-10,16-25H2,2-6H3/t27?,31?,32?,33-,34?,35?,37?,38?/m1/s1. The Kier molecular flexibility index (Phi) is 10.3. The molecule has 1 aromatic rings. The molecule has 0 spiro atoms. The van der Waals surface area contributed by atoms with Gasteiger partial charge in [-0.2, -0.15) is 5.48 Å². The zero-order valence-electron chi connectivity index (χ0n) is 27.5. The number of carbonyl (C=O) groups excluding carboxylic acids is 1. The van der Waals surface area contributed by atoms with Crippen LogP contribution in [0.3, 0.4) is 0 Å². The molecule has 1 aromatic carbocycles. The predicted octanol–water partition coefficient (Wildman–Crippen LogP) is 9.30. The molecule has 43 heavy (non-hydrogen) atoms. The second-order valence-electron chi connectivity index (χ2n) is 15.1. The smallest absolute Gasteiger partial charge is 0.338 e. The lowest BCUT2D eigenvalue weighted by molar-refractivity contribution is -0.0594. The van der Waals surface area contributed by atoms with Gasteiger partial charge in [-0.15, -0.1) is 0 Å². The molecular formula is C38H57NO4. The van der Waals surface area contributed by atoms with Crippen LogP contribution in [0.2, 0.25) is 0 Å². The Morgan fingerprint density at radius 2 is 1.84 bits per heavy atom. The van der Waals surface area contributed by atoms with Crippen molar-refractivity contribution < 1.29 is 19.1 Å². The van der Waals surface area contributed by atoms with Crippen LogP contribution >= 0.6 is 0 Å². The quantitative estimate of drug-likeness (QED) is 0.0814. The number of hydrogen-bond donors (Lipinski definition) is 1. The first kappa shape index (κ1) is 32.1. The number of rotatable bonds is 13. The number of nitrogens with one attached hydrogen (secondary N) is 1. The fourth-order valence-electron chi connectivity index (χ4n) is 9.99. The summed E-state index contributed by atoms with van der Waals surface area (Å²) in [5.41, 5.74) is 5.64. The monoisotopic (exact) mass is 591 g/mol. The summed E-state index contributed by atoms with van der Waals surface area (Å²) in [4.78, 5) is 17.9. The van der Waals surface area contributed by atoms with Gasteiger partial charge in [0.1, 0.15) is 24.7 Å². The van der Waals surface area contributed by atoms with Crippen LogP contribution in [0.1, 0.15) is 116 Å². The lowest BCUT2D eigenvalue weighted by atomic mass is 9.47. The van der Waals surface area contributed by atoms with Gasteiger partial charge < -0.3 is 14.3 Å². The molecule has 0 saturated heterocycles. The lowest BCUT2D eigenvalue weighted by Gasteiger charge is -2.58.